The van der Waals surface area contributed by atoms with E-state index in [1.165, 1.54) is 0 Å². The van der Waals surface area contributed by atoms with Crippen molar-refractivity contribution in [2.75, 3.05) is 13.1 Å². The lowest BCUT2D eigenvalue weighted by atomic mass is 9.91. The summed E-state index contributed by atoms with van der Waals surface area (Å²) in [5.74, 6) is 5.17. The number of hydrazine groups is 1. The number of benzene rings is 1. The molecular formula is C15H22N4O2. The van der Waals surface area contributed by atoms with Crippen LogP contribution in [0.1, 0.15) is 30.9 Å². The molecule has 5 N–H and O–H groups in total. The second-order valence-electron chi connectivity index (χ2n) is 5.47. The van der Waals surface area contributed by atoms with Crippen LogP contribution < -0.4 is 17.0 Å². The van der Waals surface area contributed by atoms with Crippen LogP contribution in [-0.2, 0) is 9.59 Å². The molecule has 1 aliphatic rings. The topological polar surface area (TPSA) is 101 Å². The molecule has 0 radical (unpaired) electrons. The molecule has 114 valence electrons. The van der Waals surface area contributed by atoms with Gasteiger partial charge in [-0.05, 0) is 37.4 Å². The maximum atomic E-state index is 12.1. The van der Waals surface area contributed by atoms with Crippen LogP contribution in [0, 0.1) is 5.92 Å². The molecule has 2 amide bonds. The van der Waals surface area contributed by atoms with Crippen LogP contribution in [0.4, 0.5) is 0 Å². The van der Waals surface area contributed by atoms with Crippen molar-refractivity contribution in [2.24, 2.45) is 17.5 Å². The number of likely N-dealkylation sites (tertiary alicyclic amines) is 1. The molecule has 1 aromatic carbocycles. The van der Waals surface area contributed by atoms with Gasteiger partial charge in [-0.15, -0.1) is 0 Å². The summed E-state index contributed by atoms with van der Waals surface area (Å²) in [5.41, 5.74) is 8.42. The predicted molar refractivity (Wildman–Crippen MR) is 79.6 cm³/mol. The molecule has 0 bridgehead atoms. The van der Waals surface area contributed by atoms with Crippen molar-refractivity contribution in [3.8, 4) is 0 Å². The van der Waals surface area contributed by atoms with Crippen LogP contribution in [0.3, 0.4) is 0 Å². The maximum Gasteiger partial charge on any atom is 0.255 e. The summed E-state index contributed by atoms with van der Waals surface area (Å²) in [4.78, 5) is 25.2. The summed E-state index contributed by atoms with van der Waals surface area (Å²) in [5, 5.41) is 0. The van der Waals surface area contributed by atoms with Gasteiger partial charge >= 0.3 is 0 Å². The van der Waals surface area contributed by atoms with Crippen molar-refractivity contribution in [1.82, 2.24) is 10.3 Å². The molecule has 0 saturated carbocycles. The average Bonchev–Trinajstić information content (AvgIpc) is 2.49. The SMILES string of the molecule is NNC(=O)C(c1ccccc1)N1CCC(CC(N)=O)CC1. The maximum absolute atomic E-state index is 12.1. The molecule has 0 aromatic heterocycles. The van der Waals surface area contributed by atoms with E-state index in [0.29, 0.717) is 12.3 Å². The number of carbonyl (C=O) groups is 2. The van der Waals surface area contributed by atoms with Crippen molar-refractivity contribution in [2.45, 2.75) is 25.3 Å². The molecule has 1 heterocycles. The molecule has 1 saturated heterocycles. The number of hydrogen-bond donors (Lipinski definition) is 3. The van der Waals surface area contributed by atoms with Crippen LogP contribution in [0.5, 0.6) is 0 Å². The van der Waals surface area contributed by atoms with Gasteiger partial charge in [-0.1, -0.05) is 30.3 Å². The third kappa shape index (κ3) is 4.03. The summed E-state index contributed by atoms with van der Waals surface area (Å²) in [6.07, 6.45) is 2.15. The van der Waals surface area contributed by atoms with E-state index in [9.17, 15) is 9.59 Å². The van der Waals surface area contributed by atoms with Gasteiger partial charge in [-0.25, -0.2) is 5.84 Å². The number of nitrogens with one attached hydrogen (secondary N) is 1. The Labute approximate surface area is 124 Å². The number of rotatable bonds is 5. The van der Waals surface area contributed by atoms with Crippen LogP contribution in [0.2, 0.25) is 0 Å². The highest BCUT2D eigenvalue weighted by Gasteiger charge is 2.30. The molecule has 1 aliphatic heterocycles. The normalized spacial score (nSPS) is 18.1. The van der Waals surface area contributed by atoms with Gasteiger partial charge in [-0.3, -0.25) is 19.9 Å². The van der Waals surface area contributed by atoms with E-state index >= 15 is 0 Å². The minimum atomic E-state index is -0.384. The van der Waals surface area contributed by atoms with E-state index in [0.717, 1.165) is 31.5 Å². The summed E-state index contributed by atoms with van der Waals surface area (Å²) in [6.45, 7) is 1.51. The molecule has 1 atom stereocenters. The number of amides is 2. The highest BCUT2D eigenvalue weighted by molar-refractivity contribution is 5.82. The van der Waals surface area contributed by atoms with Crippen LogP contribution in [0.25, 0.3) is 0 Å². The Morgan fingerprint density at radius 2 is 1.86 bits per heavy atom. The van der Waals surface area contributed by atoms with Crippen molar-refractivity contribution >= 4 is 11.8 Å². The van der Waals surface area contributed by atoms with Gasteiger partial charge in [0.2, 0.25) is 5.91 Å². The van der Waals surface area contributed by atoms with E-state index < -0.39 is 0 Å². The second-order valence-corrected chi connectivity index (χ2v) is 5.47. The van der Waals surface area contributed by atoms with Crippen LogP contribution in [0.15, 0.2) is 30.3 Å². The van der Waals surface area contributed by atoms with Crippen molar-refractivity contribution in [3.05, 3.63) is 35.9 Å². The Morgan fingerprint density at radius 1 is 1.24 bits per heavy atom. The van der Waals surface area contributed by atoms with E-state index in [1.807, 2.05) is 30.3 Å². The lowest BCUT2D eigenvalue weighted by molar-refractivity contribution is -0.128. The van der Waals surface area contributed by atoms with E-state index in [4.69, 9.17) is 11.6 Å². The number of hydrogen-bond acceptors (Lipinski definition) is 4. The highest BCUT2D eigenvalue weighted by atomic mass is 16.2. The van der Waals surface area contributed by atoms with E-state index in [2.05, 4.69) is 10.3 Å². The zero-order chi connectivity index (χ0) is 15.2. The third-order valence-corrected chi connectivity index (χ3v) is 4.01. The van der Waals surface area contributed by atoms with Gasteiger partial charge in [0, 0.05) is 6.42 Å². The van der Waals surface area contributed by atoms with Gasteiger partial charge in [0.05, 0.1) is 0 Å². The fourth-order valence-electron chi connectivity index (χ4n) is 2.94. The first kappa shape index (κ1) is 15.5. The number of nitrogens with zero attached hydrogens (tertiary/aromatic N) is 1. The van der Waals surface area contributed by atoms with E-state index in [1.54, 1.807) is 0 Å². The average molecular weight is 290 g/mol. The van der Waals surface area contributed by atoms with Crippen molar-refractivity contribution in [3.63, 3.8) is 0 Å². The molecule has 6 heteroatoms. The van der Waals surface area contributed by atoms with Crippen LogP contribution >= 0.6 is 0 Å². The molecular weight excluding hydrogens is 268 g/mol. The second kappa shape index (κ2) is 7.19. The first-order valence-electron chi connectivity index (χ1n) is 7.19. The Kier molecular flexibility index (Phi) is 5.30. The first-order valence-corrected chi connectivity index (χ1v) is 7.19. The number of nitrogens with two attached hydrogens (primary N) is 2. The zero-order valence-corrected chi connectivity index (χ0v) is 12.0. The Bertz CT molecular complexity index is 484. The summed E-state index contributed by atoms with van der Waals surface area (Å²) < 4.78 is 0. The fraction of sp³-hybridized carbons (Fsp3) is 0.467. The molecule has 0 spiro atoms. The third-order valence-electron chi connectivity index (χ3n) is 4.01. The quantitative estimate of drug-likeness (QED) is 0.412. The molecule has 1 fully saturated rings. The smallest absolute Gasteiger partial charge is 0.255 e. The first-order chi connectivity index (χ1) is 10.1. The standard InChI is InChI=1S/C15H22N4O2/c16-13(20)10-11-6-8-19(9-7-11)14(15(21)18-17)12-4-2-1-3-5-12/h1-5,11,14H,6-10,17H2,(H2,16,20)(H,18,21). The van der Waals surface area contributed by atoms with E-state index in [-0.39, 0.29) is 17.9 Å². The predicted octanol–water partition coefficient (Wildman–Crippen LogP) is 0.305. The molecule has 6 nitrogen and oxygen atoms in total. The summed E-state index contributed by atoms with van der Waals surface area (Å²) in [7, 11) is 0. The monoisotopic (exact) mass is 290 g/mol. The lowest BCUT2D eigenvalue weighted by Gasteiger charge is -2.36. The van der Waals surface area contributed by atoms with Gasteiger partial charge in [0.15, 0.2) is 0 Å². The number of carbonyl (C=O) groups excluding carboxylic acids is 2. The molecule has 2 rings (SSSR count). The largest absolute Gasteiger partial charge is 0.370 e. The van der Waals surface area contributed by atoms with Gasteiger partial charge in [0.25, 0.3) is 5.91 Å². The summed E-state index contributed by atoms with van der Waals surface area (Å²) in [6, 6.07) is 9.20. The molecule has 1 unspecified atom stereocenters. The lowest BCUT2D eigenvalue weighted by Crippen LogP contribution is -2.46. The minimum absolute atomic E-state index is 0.213. The van der Waals surface area contributed by atoms with Gasteiger partial charge in [0.1, 0.15) is 6.04 Å². The Balaban J connectivity index is 2.06. The molecule has 0 aliphatic carbocycles. The highest BCUT2D eigenvalue weighted by Crippen LogP contribution is 2.28. The Hall–Kier alpha value is -1.92. The van der Waals surface area contributed by atoms with Crippen molar-refractivity contribution < 1.29 is 9.59 Å². The van der Waals surface area contributed by atoms with Gasteiger partial charge < -0.3 is 5.73 Å². The van der Waals surface area contributed by atoms with Gasteiger partial charge in [-0.2, -0.15) is 0 Å². The minimum Gasteiger partial charge on any atom is -0.370 e. The Morgan fingerprint density at radius 3 is 2.38 bits per heavy atom. The summed E-state index contributed by atoms with van der Waals surface area (Å²) >= 11 is 0. The van der Waals surface area contributed by atoms with Crippen molar-refractivity contribution in [1.29, 1.82) is 0 Å². The molecule has 21 heavy (non-hydrogen) atoms. The number of primary amides is 1. The zero-order valence-electron chi connectivity index (χ0n) is 12.0. The molecule has 1 aromatic rings. The fourth-order valence-corrected chi connectivity index (χ4v) is 2.94. The van der Waals surface area contributed by atoms with Crippen LogP contribution in [-0.4, -0.2) is 29.8 Å². The number of piperidine rings is 1.